The molecule has 7 heteroatoms. The molecule has 1 heterocycles. The number of amides is 1. The van der Waals surface area contributed by atoms with Crippen molar-refractivity contribution in [2.45, 2.75) is 6.92 Å². The van der Waals surface area contributed by atoms with Gasteiger partial charge in [-0.05, 0) is 18.2 Å². The molecule has 88 valence electrons. The molecule has 0 atom stereocenters. The van der Waals surface area contributed by atoms with Crippen LogP contribution in [0.1, 0.15) is 16.2 Å². The van der Waals surface area contributed by atoms with E-state index < -0.39 is 5.91 Å². The maximum absolute atomic E-state index is 11.9. The van der Waals surface area contributed by atoms with Crippen molar-refractivity contribution in [3.05, 3.63) is 39.1 Å². The Balaban J connectivity index is 2.22. The summed E-state index contributed by atoms with van der Waals surface area (Å²) in [6, 6.07) is 5.03. The minimum Gasteiger partial charge on any atom is -0.408 e. The zero-order valence-corrected chi connectivity index (χ0v) is 11.0. The van der Waals surface area contributed by atoms with Gasteiger partial charge in [0, 0.05) is 11.4 Å². The second-order valence-corrected chi connectivity index (χ2v) is 4.53. The van der Waals surface area contributed by atoms with E-state index in [1.807, 2.05) is 0 Å². The van der Waals surface area contributed by atoms with E-state index in [0.717, 1.165) is 4.47 Å². The molecule has 0 fully saturated rings. The molecule has 5 nitrogen and oxygen atoms in total. The Hall–Kier alpha value is -1.40. The summed E-state index contributed by atoms with van der Waals surface area (Å²) < 4.78 is 5.79. The van der Waals surface area contributed by atoms with E-state index in [4.69, 9.17) is 16.0 Å². The molecule has 2 rings (SSSR count). The largest absolute Gasteiger partial charge is 0.408 e. The van der Waals surface area contributed by atoms with Crippen LogP contribution in [-0.4, -0.2) is 16.1 Å². The predicted molar refractivity (Wildman–Crippen MR) is 66.1 cm³/mol. The lowest BCUT2D eigenvalue weighted by atomic mass is 10.2. The van der Waals surface area contributed by atoms with Crippen molar-refractivity contribution in [3.63, 3.8) is 0 Å². The third-order valence-electron chi connectivity index (χ3n) is 1.92. The van der Waals surface area contributed by atoms with Crippen LogP contribution in [0, 0.1) is 6.92 Å². The molecule has 1 N–H and O–H groups in total. The quantitative estimate of drug-likeness (QED) is 0.924. The van der Waals surface area contributed by atoms with E-state index in [1.54, 1.807) is 25.1 Å². The summed E-state index contributed by atoms with van der Waals surface area (Å²) in [5.41, 5.74) is 0.330. The van der Waals surface area contributed by atoms with Crippen molar-refractivity contribution in [1.82, 2.24) is 10.2 Å². The first-order valence-corrected chi connectivity index (χ1v) is 5.80. The molecule has 0 aliphatic heterocycles. The average molecular weight is 317 g/mol. The fraction of sp³-hybridized carbons (Fsp3) is 0.100. The van der Waals surface area contributed by atoms with Gasteiger partial charge in [0.25, 0.3) is 5.91 Å². The summed E-state index contributed by atoms with van der Waals surface area (Å²) in [6.07, 6.45) is 0. The van der Waals surface area contributed by atoms with Gasteiger partial charge < -0.3 is 4.42 Å². The topological polar surface area (TPSA) is 68.0 Å². The Kier molecular flexibility index (Phi) is 3.44. The number of hydrogen-bond acceptors (Lipinski definition) is 4. The molecule has 1 aromatic heterocycles. The maximum Gasteiger partial charge on any atom is 0.322 e. The highest BCUT2D eigenvalue weighted by atomic mass is 79.9. The smallest absolute Gasteiger partial charge is 0.322 e. The Bertz CT molecular complexity index is 570. The first-order chi connectivity index (χ1) is 8.06. The van der Waals surface area contributed by atoms with Crippen molar-refractivity contribution in [3.8, 4) is 0 Å². The Morgan fingerprint density at radius 3 is 2.88 bits per heavy atom. The third-order valence-corrected chi connectivity index (χ3v) is 2.74. The van der Waals surface area contributed by atoms with Crippen molar-refractivity contribution in [2.75, 3.05) is 5.32 Å². The molecule has 17 heavy (non-hydrogen) atoms. The van der Waals surface area contributed by atoms with E-state index in [9.17, 15) is 4.79 Å². The van der Waals surface area contributed by atoms with E-state index in [1.165, 1.54) is 0 Å². The van der Waals surface area contributed by atoms with Crippen molar-refractivity contribution >= 4 is 39.5 Å². The number of aryl methyl sites for hydroxylation is 1. The number of anilines is 1. The normalized spacial score (nSPS) is 10.3. The molecule has 0 aliphatic carbocycles. The number of carbonyl (C=O) groups is 1. The second kappa shape index (κ2) is 4.85. The van der Waals surface area contributed by atoms with Crippen LogP contribution in [0.4, 0.5) is 6.01 Å². The van der Waals surface area contributed by atoms with Gasteiger partial charge in [-0.1, -0.05) is 32.6 Å². The standard InChI is InChI=1S/C10H7BrClN3O2/c1-5-14-15-10(17-5)13-9(16)7-4-6(11)2-3-8(7)12/h2-4H,1H3,(H,13,15,16). The average Bonchev–Trinajstić information content (AvgIpc) is 2.67. The Morgan fingerprint density at radius 2 is 2.24 bits per heavy atom. The SMILES string of the molecule is Cc1nnc(NC(=O)c2cc(Br)ccc2Cl)o1. The first kappa shape index (κ1) is 12.1. The number of hydrogen-bond donors (Lipinski definition) is 1. The highest BCUT2D eigenvalue weighted by Gasteiger charge is 2.13. The van der Waals surface area contributed by atoms with E-state index in [-0.39, 0.29) is 6.01 Å². The van der Waals surface area contributed by atoms with Gasteiger partial charge in [0.2, 0.25) is 5.89 Å². The fourth-order valence-electron chi connectivity index (χ4n) is 1.18. The van der Waals surface area contributed by atoms with Gasteiger partial charge in [-0.15, -0.1) is 5.10 Å². The molecule has 0 saturated heterocycles. The number of benzene rings is 1. The number of nitrogens with one attached hydrogen (secondary N) is 1. The van der Waals surface area contributed by atoms with E-state index in [2.05, 4.69) is 31.4 Å². The van der Waals surface area contributed by atoms with Crippen LogP contribution in [0.3, 0.4) is 0 Å². The molecule has 1 amide bonds. The predicted octanol–water partition coefficient (Wildman–Crippen LogP) is 3.05. The molecular formula is C10H7BrClN3O2. The molecule has 0 bridgehead atoms. The Morgan fingerprint density at radius 1 is 1.47 bits per heavy atom. The lowest BCUT2D eigenvalue weighted by Crippen LogP contribution is -2.12. The lowest BCUT2D eigenvalue weighted by Gasteiger charge is -2.03. The molecular weight excluding hydrogens is 309 g/mol. The number of halogens is 2. The number of carbonyl (C=O) groups excluding carboxylic acids is 1. The van der Waals surface area contributed by atoms with Crippen LogP contribution in [0.2, 0.25) is 5.02 Å². The van der Waals surface area contributed by atoms with Crippen LogP contribution in [0.25, 0.3) is 0 Å². The summed E-state index contributed by atoms with van der Waals surface area (Å²) in [7, 11) is 0. The summed E-state index contributed by atoms with van der Waals surface area (Å²) >= 11 is 9.18. The molecule has 0 saturated carbocycles. The summed E-state index contributed by atoms with van der Waals surface area (Å²) in [6.45, 7) is 1.63. The highest BCUT2D eigenvalue weighted by molar-refractivity contribution is 9.10. The maximum atomic E-state index is 11.9. The summed E-state index contributed by atoms with van der Waals surface area (Å²) in [5.74, 6) is -0.0272. The molecule has 0 aliphatic rings. The van der Waals surface area contributed by atoms with Gasteiger partial charge in [-0.2, -0.15) is 0 Å². The number of nitrogens with zero attached hydrogens (tertiary/aromatic N) is 2. The van der Waals surface area contributed by atoms with Gasteiger partial charge in [-0.3, -0.25) is 10.1 Å². The first-order valence-electron chi connectivity index (χ1n) is 4.63. The van der Waals surface area contributed by atoms with Crippen molar-refractivity contribution in [1.29, 1.82) is 0 Å². The zero-order chi connectivity index (χ0) is 12.4. The van der Waals surface area contributed by atoms with E-state index >= 15 is 0 Å². The van der Waals surface area contributed by atoms with Gasteiger partial charge >= 0.3 is 6.01 Å². The van der Waals surface area contributed by atoms with Gasteiger partial charge in [0.1, 0.15) is 0 Å². The second-order valence-electron chi connectivity index (χ2n) is 3.20. The monoisotopic (exact) mass is 315 g/mol. The molecule has 0 radical (unpaired) electrons. The number of rotatable bonds is 2. The zero-order valence-electron chi connectivity index (χ0n) is 8.70. The van der Waals surface area contributed by atoms with Crippen molar-refractivity contribution < 1.29 is 9.21 Å². The van der Waals surface area contributed by atoms with E-state index in [0.29, 0.717) is 16.5 Å². The van der Waals surface area contributed by atoms with Gasteiger partial charge in [0.05, 0.1) is 10.6 Å². The lowest BCUT2D eigenvalue weighted by molar-refractivity contribution is 0.102. The molecule has 2 aromatic rings. The van der Waals surface area contributed by atoms with Crippen LogP contribution in [0.15, 0.2) is 27.1 Å². The highest BCUT2D eigenvalue weighted by Crippen LogP contribution is 2.21. The molecule has 0 unspecified atom stereocenters. The van der Waals surface area contributed by atoms with Gasteiger partial charge in [0.15, 0.2) is 0 Å². The minimum atomic E-state index is -0.403. The summed E-state index contributed by atoms with van der Waals surface area (Å²) in [4.78, 5) is 11.9. The Labute approximate surface area is 110 Å². The third kappa shape index (κ3) is 2.83. The summed E-state index contributed by atoms with van der Waals surface area (Å²) in [5, 5.41) is 10.1. The van der Waals surface area contributed by atoms with Crippen molar-refractivity contribution in [2.24, 2.45) is 0 Å². The molecule has 1 aromatic carbocycles. The van der Waals surface area contributed by atoms with Crippen LogP contribution < -0.4 is 5.32 Å². The minimum absolute atomic E-state index is 0.0449. The fourth-order valence-corrected chi connectivity index (χ4v) is 1.75. The van der Waals surface area contributed by atoms with Crippen LogP contribution in [0.5, 0.6) is 0 Å². The molecule has 0 spiro atoms. The van der Waals surface area contributed by atoms with Crippen LogP contribution >= 0.6 is 27.5 Å². The van der Waals surface area contributed by atoms with Gasteiger partial charge in [-0.25, -0.2) is 0 Å². The van der Waals surface area contributed by atoms with Crippen LogP contribution in [-0.2, 0) is 0 Å². The number of aromatic nitrogens is 2.